The van der Waals surface area contributed by atoms with E-state index in [1.165, 1.54) is 19.3 Å². The van der Waals surface area contributed by atoms with Gasteiger partial charge in [0.25, 0.3) is 0 Å². The maximum atomic E-state index is 5.12. The van der Waals surface area contributed by atoms with Crippen molar-refractivity contribution < 1.29 is 4.52 Å². The zero-order valence-electron chi connectivity index (χ0n) is 10.3. The highest BCUT2D eigenvalue weighted by molar-refractivity contribution is 5.06. The Morgan fingerprint density at radius 3 is 2.62 bits per heavy atom. The third-order valence-corrected chi connectivity index (χ3v) is 3.38. The molecule has 1 fully saturated rings. The molecule has 90 valence electrons. The van der Waals surface area contributed by atoms with Crippen LogP contribution in [0.2, 0.25) is 0 Å². The first kappa shape index (κ1) is 11.6. The van der Waals surface area contributed by atoms with Crippen molar-refractivity contribution >= 4 is 0 Å². The summed E-state index contributed by atoms with van der Waals surface area (Å²) in [7, 11) is 0. The summed E-state index contributed by atoms with van der Waals surface area (Å²) < 4.78 is 5.12. The van der Waals surface area contributed by atoms with Gasteiger partial charge in [0.15, 0.2) is 5.82 Å². The Kier molecular flexibility index (Phi) is 3.59. The second kappa shape index (κ2) is 4.95. The summed E-state index contributed by atoms with van der Waals surface area (Å²) in [6.45, 7) is 5.06. The van der Waals surface area contributed by atoms with Gasteiger partial charge in [-0.1, -0.05) is 31.3 Å². The predicted octanol–water partition coefficient (Wildman–Crippen LogP) is 2.54. The Morgan fingerprint density at radius 2 is 2.06 bits per heavy atom. The average molecular weight is 223 g/mol. The molecule has 1 saturated carbocycles. The molecule has 1 aliphatic carbocycles. The van der Waals surface area contributed by atoms with Crippen molar-refractivity contribution in [2.24, 2.45) is 0 Å². The number of hydrogen-bond acceptors (Lipinski definition) is 4. The minimum atomic E-state index is -0.0218. The lowest BCUT2D eigenvalue weighted by Crippen LogP contribution is -2.45. The summed E-state index contributed by atoms with van der Waals surface area (Å²) >= 11 is 0. The quantitative estimate of drug-likeness (QED) is 0.852. The van der Waals surface area contributed by atoms with Crippen LogP contribution in [0, 0.1) is 6.92 Å². The van der Waals surface area contributed by atoms with E-state index in [9.17, 15) is 0 Å². The molecule has 1 heterocycles. The van der Waals surface area contributed by atoms with Gasteiger partial charge in [0, 0.05) is 6.92 Å². The number of nitrogens with zero attached hydrogens (tertiary/aromatic N) is 2. The predicted molar refractivity (Wildman–Crippen MR) is 62.1 cm³/mol. The highest BCUT2D eigenvalue weighted by Crippen LogP contribution is 2.35. The van der Waals surface area contributed by atoms with E-state index in [4.69, 9.17) is 4.52 Å². The van der Waals surface area contributed by atoms with Crippen molar-refractivity contribution in [2.75, 3.05) is 6.54 Å². The monoisotopic (exact) mass is 223 g/mol. The molecular formula is C12H21N3O. The smallest absolute Gasteiger partial charge is 0.223 e. The molecule has 4 nitrogen and oxygen atoms in total. The molecule has 1 aliphatic rings. The first-order valence-electron chi connectivity index (χ1n) is 6.33. The van der Waals surface area contributed by atoms with Gasteiger partial charge in [-0.2, -0.15) is 4.98 Å². The molecule has 0 saturated heterocycles. The maximum Gasteiger partial charge on any atom is 0.223 e. The number of nitrogens with one attached hydrogen (secondary N) is 1. The fourth-order valence-electron chi connectivity index (χ4n) is 2.49. The van der Waals surface area contributed by atoms with Gasteiger partial charge >= 0.3 is 0 Å². The summed E-state index contributed by atoms with van der Waals surface area (Å²) in [5.41, 5.74) is -0.0218. The highest BCUT2D eigenvalue weighted by Gasteiger charge is 2.37. The maximum absolute atomic E-state index is 5.12. The largest absolute Gasteiger partial charge is 0.340 e. The van der Waals surface area contributed by atoms with E-state index in [1.54, 1.807) is 0 Å². The molecule has 16 heavy (non-hydrogen) atoms. The number of aryl methyl sites for hydroxylation is 1. The molecule has 0 bridgehead atoms. The van der Waals surface area contributed by atoms with E-state index in [-0.39, 0.29) is 5.54 Å². The second-order valence-electron chi connectivity index (χ2n) is 4.71. The van der Waals surface area contributed by atoms with E-state index in [1.807, 2.05) is 6.92 Å². The van der Waals surface area contributed by atoms with Crippen LogP contribution in [0.25, 0.3) is 0 Å². The summed E-state index contributed by atoms with van der Waals surface area (Å²) in [6.07, 6.45) is 7.23. The molecule has 0 atom stereocenters. The Balaban J connectivity index is 2.18. The van der Waals surface area contributed by atoms with Crippen LogP contribution in [0.15, 0.2) is 4.52 Å². The molecule has 0 unspecified atom stereocenters. The molecule has 0 aromatic carbocycles. The first-order chi connectivity index (χ1) is 7.77. The summed E-state index contributed by atoms with van der Waals surface area (Å²) in [6, 6.07) is 0. The van der Waals surface area contributed by atoms with Crippen LogP contribution in [0.4, 0.5) is 0 Å². The van der Waals surface area contributed by atoms with Gasteiger partial charge < -0.3 is 9.84 Å². The molecule has 4 heteroatoms. The molecule has 0 aliphatic heterocycles. The fraction of sp³-hybridized carbons (Fsp3) is 0.833. The van der Waals surface area contributed by atoms with Gasteiger partial charge in [-0.3, -0.25) is 0 Å². The van der Waals surface area contributed by atoms with Gasteiger partial charge in [-0.15, -0.1) is 0 Å². The lowest BCUT2D eigenvalue weighted by atomic mass is 9.81. The number of hydrogen-bond donors (Lipinski definition) is 1. The van der Waals surface area contributed by atoms with E-state index in [0.717, 1.165) is 31.6 Å². The minimum Gasteiger partial charge on any atom is -0.340 e. The highest BCUT2D eigenvalue weighted by atomic mass is 16.5. The molecule has 2 rings (SSSR count). The van der Waals surface area contributed by atoms with Gasteiger partial charge in [-0.05, 0) is 25.8 Å². The molecule has 1 N–H and O–H groups in total. The Labute approximate surface area is 96.8 Å². The third kappa shape index (κ3) is 2.26. The van der Waals surface area contributed by atoms with Crippen molar-refractivity contribution in [1.82, 2.24) is 15.5 Å². The van der Waals surface area contributed by atoms with Crippen LogP contribution in [0.5, 0.6) is 0 Å². The van der Waals surface area contributed by atoms with Crippen LogP contribution < -0.4 is 5.32 Å². The molecular weight excluding hydrogens is 202 g/mol. The van der Waals surface area contributed by atoms with E-state index in [2.05, 4.69) is 22.4 Å². The van der Waals surface area contributed by atoms with Crippen LogP contribution in [-0.4, -0.2) is 16.7 Å². The van der Waals surface area contributed by atoms with Crippen LogP contribution >= 0.6 is 0 Å². The van der Waals surface area contributed by atoms with E-state index in [0.29, 0.717) is 5.89 Å². The topological polar surface area (TPSA) is 51.0 Å². The van der Waals surface area contributed by atoms with E-state index < -0.39 is 0 Å². The van der Waals surface area contributed by atoms with Crippen LogP contribution in [0.3, 0.4) is 0 Å². The third-order valence-electron chi connectivity index (χ3n) is 3.38. The molecule has 0 amide bonds. The number of rotatable bonds is 4. The van der Waals surface area contributed by atoms with E-state index >= 15 is 0 Å². The SMILES string of the molecule is CCCNC1(c2noc(C)n2)CCCCC1. The Hall–Kier alpha value is -0.900. The zero-order valence-corrected chi connectivity index (χ0v) is 10.3. The van der Waals surface area contributed by atoms with Crippen molar-refractivity contribution in [1.29, 1.82) is 0 Å². The Morgan fingerprint density at radius 1 is 1.31 bits per heavy atom. The van der Waals surface area contributed by atoms with Crippen LogP contribution in [0.1, 0.15) is 57.2 Å². The number of aromatic nitrogens is 2. The minimum absolute atomic E-state index is 0.0218. The lowest BCUT2D eigenvalue weighted by molar-refractivity contribution is 0.213. The zero-order chi connectivity index (χ0) is 11.4. The van der Waals surface area contributed by atoms with Crippen molar-refractivity contribution in [3.05, 3.63) is 11.7 Å². The first-order valence-corrected chi connectivity index (χ1v) is 6.33. The Bertz CT molecular complexity index is 329. The molecule has 0 radical (unpaired) electrons. The standard InChI is InChI=1S/C12H21N3O/c1-3-9-13-12(7-5-4-6-8-12)11-14-10(2)16-15-11/h13H,3-9H2,1-2H3. The van der Waals surface area contributed by atoms with Gasteiger partial charge in [0.05, 0.1) is 5.54 Å². The molecule has 1 aromatic heterocycles. The van der Waals surface area contributed by atoms with Crippen molar-refractivity contribution in [3.8, 4) is 0 Å². The summed E-state index contributed by atoms with van der Waals surface area (Å²) in [4.78, 5) is 4.42. The fourth-order valence-corrected chi connectivity index (χ4v) is 2.49. The summed E-state index contributed by atoms with van der Waals surface area (Å²) in [5, 5.41) is 7.75. The van der Waals surface area contributed by atoms with Crippen LogP contribution in [-0.2, 0) is 5.54 Å². The normalized spacial score (nSPS) is 19.9. The molecule has 1 aromatic rings. The van der Waals surface area contributed by atoms with Gasteiger partial charge in [-0.25, -0.2) is 0 Å². The average Bonchev–Trinajstić information content (AvgIpc) is 2.75. The summed E-state index contributed by atoms with van der Waals surface area (Å²) in [5.74, 6) is 1.52. The van der Waals surface area contributed by atoms with Crippen molar-refractivity contribution in [3.63, 3.8) is 0 Å². The second-order valence-corrected chi connectivity index (χ2v) is 4.71. The van der Waals surface area contributed by atoms with Crippen molar-refractivity contribution in [2.45, 2.75) is 57.9 Å². The molecule has 0 spiro atoms. The van der Waals surface area contributed by atoms with Gasteiger partial charge in [0.2, 0.25) is 5.89 Å². The van der Waals surface area contributed by atoms with Gasteiger partial charge in [0.1, 0.15) is 0 Å². The lowest BCUT2D eigenvalue weighted by Gasteiger charge is -2.35.